The lowest BCUT2D eigenvalue weighted by molar-refractivity contribution is -0.121. The Hall–Kier alpha value is -6.08. The van der Waals surface area contributed by atoms with Gasteiger partial charge in [0.2, 0.25) is 17.7 Å². The van der Waals surface area contributed by atoms with Crippen LogP contribution in [0.15, 0.2) is 42.9 Å². The molecular formula is C50H80N15O12P. The molecule has 4 N–H and O–H groups in total. The summed E-state index contributed by atoms with van der Waals surface area (Å²) in [5.41, 5.74) is 1.15. The van der Waals surface area contributed by atoms with Gasteiger partial charge in [0.15, 0.2) is 0 Å². The molecule has 432 valence electrons. The van der Waals surface area contributed by atoms with E-state index in [0.717, 1.165) is 0 Å². The van der Waals surface area contributed by atoms with Crippen molar-refractivity contribution in [3.05, 3.63) is 65.5 Å². The molecule has 0 aliphatic carbocycles. The fraction of sp³-hybridized carbons (Fsp3) is 0.660. The van der Waals surface area contributed by atoms with Gasteiger partial charge in [-0.15, -0.1) is 15.3 Å². The molecule has 0 fully saturated rings. The number of nitriles is 1. The van der Waals surface area contributed by atoms with Crippen LogP contribution in [-0.4, -0.2) is 177 Å². The van der Waals surface area contributed by atoms with Crippen molar-refractivity contribution in [3.63, 3.8) is 0 Å². The second kappa shape index (κ2) is 36.9. The molecule has 0 spiro atoms. The minimum Gasteiger partial charge on any atom is -0.436 e. The molecule has 0 saturated heterocycles. The van der Waals surface area contributed by atoms with Crippen LogP contribution in [0.1, 0.15) is 100 Å². The Labute approximate surface area is 457 Å². The molecule has 3 aromatic heterocycles. The van der Waals surface area contributed by atoms with Crippen LogP contribution in [0, 0.1) is 11.3 Å². The monoisotopic (exact) mass is 1110 g/mol. The Morgan fingerprint density at radius 2 is 0.974 bits per heavy atom. The molecular weight excluding hydrogens is 1030 g/mol. The van der Waals surface area contributed by atoms with E-state index in [1.807, 2.05) is 27.7 Å². The van der Waals surface area contributed by atoms with Gasteiger partial charge in [0.05, 0.1) is 117 Å². The van der Waals surface area contributed by atoms with Crippen LogP contribution in [0.2, 0.25) is 0 Å². The van der Waals surface area contributed by atoms with Crippen molar-refractivity contribution in [2.24, 2.45) is 21.1 Å². The average molecular weight is 1110 g/mol. The first-order chi connectivity index (χ1) is 37.6. The van der Waals surface area contributed by atoms with Crippen LogP contribution in [0.25, 0.3) is 0 Å². The first-order valence-corrected chi connectivity index (χ1v) is 27.3. The van der Waals surface area contributed by atoms with Crippen LogP contribution in [0.5, 0.6) is 5.75 Å². The molecule has 0 aliphatic rings. The van der Waals surface area contributed by atoms with E-state index in [-0.39, 0.29) is 126 Å². The lowest BCUT2D eigenvalue weighted by Crippen LogP contribution is -2.50. The summed E-state index contributed by atoms with van der Waals surface area (Å²) in [5.74, 6) is -0.971. The molecule has 4 amide bonds. The normalized spacial score (nSPS) is 12.0. The van der Waals surface area contributed by atoms with Crippen LogP contribution < -0.4 is 25.8 Å². The second-order valence-corrected chi connectivity index (χ2v) is 20.0. The first-order valence-electron chi connectivity index (χ1n) is 26.2. The number of benzene rings is 1. The Balaban J connectivity index is 1.42. The topological polar surface area (TPSA) is 309 Å². The Morgan fingerprint density at radius 1 is 0.590 bits per heavy atom. The van der Waals surface area contributed by atoms with E-state index >= 15 is 0 Å². The quantitative estimate of drug-likeness (QED) is 0.0366. The van der Waals surface area contributed by atoms with Crippen molar-refractivity contribution in [1.29, 1.82) is 5.26 Å². The molecule has 0 bridgehead atoms. The molecule has 78 heavy (non-hydrogen) atoms. The standard InChI is InChI=1S/C50H80N15O12P/c1-39(2)65(40(3)4)78(76-23-8-19-51)77-45-11-9-41(10-12-45)49(69)55-50(16-13-46(66)52-20-24-70-27-30-73-36-42-33-62(5)59-56-42,17-14-47(67)53-21-25-71-28-31-74-37-43-34-63(6)60-57-43)18-15-48(68)54-22-26-72-29-32-75-38-44-35-64(7)61-58-44/h9-12,33-35,39-40H,8,13-18,20-32,36-38H2,1-7H3,(H,52,66)(H,53,67)(H,54,68)(H,55,69). The maximum atomic E-state index is 14.4. The van der Waals surface area contributed by atoms with Gasteiger partial charge in [0.25, 0.3) is 5.91 Å². The van der Waals surface area contributed by atoms with Crippen molar-refractivity contribution in [3.8, 4) is 11.8 Å². The third kappa shape index (κ3) is 26.5. The fourth-order valence-electron chi connectivity index (χ4n) is 7.60. The van der Waals surface area contributed by atoms with E-state index in [9.17, 15) is 19.2 Å². The van der Waals surface area contributed by atoms with Crippen LogP contribution in [0.3, 0.4) is 0 Å². The third-order valence-corrected chi connectivity index (χ3v) is 13.4. The number of nitrogens with zero attached hydrogens (tertiary/aromatic N) is 11. The molecule has 1 aromatic carbocycles. The molecule has 3 heterocycles. The van der Waals surface area contributed by atoms with Gasteiger partial charge in [-0.1, -0.05) is 15.6 Å². The number of nitrogens with one attached hydrogen (secondary N) is 4. The van der Waals surface area contributed by atoms with Crippen LogP contribution >= 0.6 is 8.53 Å². The summed E-state index contributed by atoms with van der Waals surface area (Å²) in [6, 6.07) is 8.80. The molecule has 0 radical (unpaired) electrons. The lowest BCUT2D eigenvalue weighted by Gasteiger charge is -2.35. The number of hydrogen-bond acceptors (Lipinski definition) is 20. The summed E-state index contributed by atoms with van der Waals surface area (Å²) in [6.45, 7) is 12.4. The smallest absolute Gasteiger partial charge is 0.321 e. The molecule has 1 atom stereocenters. The van der Waals surface area contributed by atoms with Crippen LogP contribution in [0.4, 0.5) is 0 Å². The van der Waals surface area contributed by atoms with E-state index in [0.29, 0.717) is 82.3 Å². The maximum absolute atomic E-state index is 14.4. The van der Waals surface area contributed by atoms with Gasteiger partial charge in [-0.3, -0.25) is 33.2 Å². The van der Waals surface area contributed by atoms with Crippen molar-refractivity contribution < 1.29 is 56.6 Å². The summed E-state index contributed by atoms with van der Waals surface area (Å²) in [4.78, 5) is 54.8. The van der Waals surface area contributed by atoms with Gasteiger partial charge in [-0.05, 0) is 71.2 Å². The Bertz CT molecular complexity index is 2200. The second-order valence-electron chi connectivity index (χ2n) is 18.6. The molecule has 0 aliphatic heterocycles. The van der Waals surface area contributed by atoms with Gasteiger partial charge in [-0.2, -0.15) is 5.26 Å². The minimum atomic E-state index is -1.61. The number of rotatable bonds is 43. The molecule has 0 saturated carbocycles. The summed E-state index contributed by atoms with van der Waals surface area (Å²) < 4.78 is 53.0. The summed E-state index contributed by atoms with van der Waals surface area (Å²) >= 11 is 0. The number of amides is 4. The highest BCUT2D eigenvalue weighted by molar-refractivity contribution is 7.45. The predicted molar refractivity (Wildman–Crippen MR) is 284 cm³/mol. The first kappa shape index (κ1) is 64.4. The maximum Gasteiger partial charge on any atom is 0.321 e. The summed E-state index contributed by atoms with van der Waals surface area (Å²) in [5, 5.41) is 44.6. The van der Waals surface area contributed by atoms with Crippen molar-refractivity contribution in [1.82, 2.24) is 70.9 Å². The van der Waals surface area contributed by atoms with E-state index in [1.165, 1.54) is 0 Å². The SMILES string of the molecule is CC(C)N(C(C)C)P(OCCC#N)Oc1ccc(C(=O)NC(CCC(=O)NCCOCCOCc2cn(C)nn2)(CCC(=O)NCCOCCOCc2cn(C)nn2)CCC(=O)NCCOCCOCc2cn(C)nn2)cc1. The number of aromatic nitrogens is 9. The number of hydrogen-bond donors (Lipinski definition) is 4. The Kier molecular flexibility index (Phi) is 30.5. The fourth-order valence-corrected chi connectivity index (χ4v) is 9.19. The number of aryl methyl sites for hydroxylation is 3. The zero-order valence-electron chi connectivity index (χ0n) is 46.2. The van der Waals surface area contributed by atoms with Gasteiger partial charge in [0, 0.05) is 83.2 Å². The molecule has 1 unspecified atom stereocenters. The summed E-state index contributed by atoms with van der Waals surface area (Å²) in [6.07, 6.45) is 5.60. The predicted octanol–water partition coefficient (Wildman–Crippen LogP) is 2.58. The zero-order valence-corrected chi connectivity index (χ0v) is 47.1. The highest BCUT2D eigenvalue weighted by Gasteiger charge is 2.34. The van der Waals surface area contributed by atoms with Gasteiger partial charge < -0.3 is 58.7 Å². The largest absolute Gasteiger partial charge is 0.436 e. The number of ether oxygens (including phenoxy) is 6. The molecule has 4 aromatic rings. The van der Waals surface area contributed by atoms with E-state index < -0.39 is 20.0 Å². The van der Waals surface area contributed by atoms with Crippen molar-refractivity contribution >= 4 is 32.2 Å². The number of carbonyl (C=O) groups is 4. The average Bonchev–Trinajstić information content (AvgIpc) is 4.17. The van der Waals surface area contributed by atoms with Gasteiger partial charge >= 0.3 is 8.53 Å². The highest BCUT2D eigenvalue weighted by Crippen LogP contribution is 2.46. The molecule has 27 nitrogen and oxygen atoms in total. The van der Waals surface area contributed by atoms with Crippen molar-refractivity contribution in [2.75, 3.05) is 85.7 Å². The van der Waals surface area contributed by atoms with Gasteiger partial charge in [-0.25, -0.2) is 4.67 Å². The van der Waals surface area contributed by atoms with E-state index in [1.54, 1.807) is 78.0 Å². The van der Waals surface area contributed by atoms with Gasteiger partial charge in [0.1, 0.15) is 22.8 Å². The van der Waals surface area contributed by atoms with E-state index in [4.69, 9.17) is 42.7 Å². The third-order valence-electron chi connectivity index (χ3n) is 11.4. The Morgan fingerprint density at radius 3 is 1.32 bits per heavy atom. The highest BCUT2D eigenvalue weighted by atomic mass is 31.2. The van der Waals surface area contributed by atoms with Crippen molar-refractivity contribution in [2.45, 2.75) is 110 Å². The van der Waals surface area contributed by atoms with E-state index in [2.05, 4.69) is 62.9 Å². The minimum absolute atomic E-state index is 0.0470. The van der Waals surface area contributed by atoms with Crippen LogP contribution in [-0.2, 0) is 88.3 Å². The lowest BCUT2D eigenvalue weighted by atomic mass is 9.82. The molecule has 4 rings (SSSR count). The summed E-state index contributed by atoms with van der Waals surface area (Å²) in [7, 11) is 3.71. The molecule has 28 heteroatoms. The zero-order chi connectivity index (χ0) is 56.4. The number of carbonyl (C=O) groups excluding carboxylic acids is 4.